The zero-order valence-corrected chi connectivity index (χ0v) is 15.4. The maximum Gasteiger partial charge on any atom is 0.271 e. The molecule has 0 aliphatic heterocycles. The molecule has 0 saturated carbocycles. The molecule has 0 bridgehead atoms. The van der Waals surface area contributed by atoms with Gasteiger partial charge in [0, 0.05) is 6.21 Å². The van der Waals surface area contributed by atoms with Crippen molar-refractivity contribution in [3.05, 3.63) is 80.5 Å². The number of aliphatic imine (C=N–C) groups is 1. The van der Waals surface area contributed by atoms with Gasteiger partial charge in [-0.1, -0.05) is 17.7 Å². The number of pyridine rings is 1. The fourth-order valence-corrected chi connectivity index (χ4v) is 2.91. The van der Waals surface area contributed by atoms with Crippen LogP contribution in [-0.4, -0.2) is 15.9 Å². The fraction of sp³-hybridized carbons (Fsp3) is 0.190. The van der Waals surface area contributed by atoms with Gasteiger partial charge in [-0.3, -0.25) is 14.4 Å². The standard InChI is InChI=1S/C21H19N3O3/c1-13-6-7-19(14(2)9-13)23-11-18-15(3)17(10-22)20(25)24(21(18)26)12-16-5-4-8-27-16/h4-9,11,26H,12H2,1-3H3. The average Bonchev–Trinajstić information content (AvgIpc) is 3.14. The van der Waals surface area contributed by atoms with Gasteiger partial charge in [0.1, 0.15) is 17.4 Å². The highest BCUT2D eigenvalue weighted by Gasteiger charge is 2.18. The monoisotopic (exact) mass is 361 g/mol. The number of benzene rings is 1. The summed E-state index contributed by atoms with van der Waals surface area (Å²) in [5.41, 5.74) is 3.01. The Morgan fingerprint density at radius 3 is 2.70 bits per heavy atom. The van der Waals surface area contributed by atoms with Crippen LogP contribution in [0.15, 0.2) is 50.8 Å². The van der Waals surface area contributed by atoms with Crippen LogP contribution >= 0.6 is 0 Å². The number of aromatic nitrogens is 1. The summed E-state index contributed by atoms with van der Waals surface area (Å²) in [7, 11) is 0. The van der Waals surface area contributed by atoms with E-state index in [-0.39, 0.29) is 18.0 Å². The summed E-state index contributed by atoms with van der Waals surface area (Å²) in [5.74, 6) is 0.249. The van der Waals surface area contributed by atoms with Gasteiger partial charge in [0.05, 0.1) is 24.1 Å². The number of nitriles is 1. The van der Waals surface area contributed by atoms with Crippen LogP contribution in [0, 0.1) is 32.1 Å². The predicted octanol–water partition coefficient (Wildman–Crippen LogP) is 3.74. The Morgan fingerprint density at radius 2 is 2.07 bits per heavy atom. The first-order valence-corrected chi connectivity index (χ1v) is 8.42. The van der Waals surface area contributed by atoms with Crippen LogP contribution in [0.25, 0.3) is 0 Å². The molecule has 0 aliphatic carbocycles. The molecule has 1 aromatic carbocycles. The lowest BCUT2D eigenvalue weighted by molar-refractivity contribution is 0.397. The lowest BCUT2D eigenvalue weighted by Crippen LogP contribution is -2.25. The second-order valence-corrected chi connectivity index (χ2v) is 6.37. The van der Waals surface area contributed by atoms with E-state index in [1.807, 2.05) is 38.1 Å². The van der Waals surface area contributed by atoms with E-state index >= 15 is 0 Å². The molecule has 3 aromatic rings. The van der Waals surface area contributed by atoms with Gasteiger partial charge < -0.3 is 9.52 Å². The molecule has 0 spiro atoms. The number of hydrogen-bond donors (Lipinski definition) is 1. The van der Waals surface area contributed by atoms with E-state index in [2.05, 4.69) is 4.99 Å². The van der Waals surface area contributed by atoms with Gasteiger partial charge in [-0.05, 0) is 50.1 Å². The highest BCUT2D eigenvalue weighted by molar-refractivity contribution is 5.87. The molecule has 0 amide bonds. The van der Waals surface area contributed by atoms with Crippen LogP contribution in [0.3, 0.4) is 0 Å². The van der Waals surface area contributed by atoms with Gasteiger partial charge in [-0.2, -0.15) is 5.26 Å². The van der Waals surface area contributed by atoms with Crippen molar-refractivity contribution in [2.24, 2.45) is 4.99 Å². The lowest BCUT2D eigenvalue weighted by atomic mass is 10.1. The molecular formula is C21H19N3O3. The molecule has 0 radical (unpaired) electrons. The maximum atomic E-state index is 12.6. The summed E-state index contributed by atoms with van der Waals surface area (Å²) in [6, 6.07) is 11.2. The van der Waals surface area contributed by atoms with Gasteiger partial charge in [0.25, 0.3) is 5.56 Å². The molecule has 136 valence electrons. The maximum absolute atomic E-state index is 12.6. The van der Waals surface area contributed by atoms with Crippen LogP contribution in [0.2, 0.25) is 0 Å². The van der Waals surface area contributed by atoms with Crippen LogP contribution in [-0.2, 0) is 6.54 Å². The van der Waals surface area contributed by atoms with E-state index in [0.717, 1.165) is 21.4 Å². The molecule has 6 nitrogen and oxygen atoms in total. The van der Waals surface area contributed by atoms with Crippen molar-refractivity contribution in [1.29, 1.82) is 5.26 Å². The Hall–Kier alpha value is -3.59. The van der Waals surface area contributed by atoms with Gasteiger partial charge in [0.15, 0.2) is 0 Å². The molecule has 2 heterocycles. The van der Waals surface area contributed by atoms with Crippen molar-refractivity contribution in [2.75, 3.05) is 0 Å². The third kappa shape index (κ3) is 3.53. The average molecular weight is 361 g/mol. The molecule has 0 fully saturated rings. The van der Waals surface area contributed by atoms with E-state index in [1.165, 1.54) is 12.5 Å². The first-order valence-electron chi connectivity index (χ1n) is 8.42. The van der Waals surface area contributed by atoms with Crippen LogP contribution in [0.4, 0.5) is 5.69 Å². The summed E-state index contributed by atoms with van der Waals surface area (Å²) in [6.45, 7) is 5.60. The first-order chi connectivity index (χ1) is 12.9. The van der Waals surface area contributed by atoms with Crippen LogP contribution < -0.4 is 5.56 Å². The fourth-order valence-electron chi connectivity index (χ4n) is 2.91. The minimum Gasteiger partial charge on any atom is -0.494 e. The summed E-state index contributed by atoms with van der Waals surface area (Å²) in [4.78, 5) is 17.0. The normalized spacial score (nSPS) is 11.0. The topological polar surface area (TPSA) is 91.5 Å². The minimum absolute atomic E-state index is 0.0248. The van der Waals surface area contributed by atoms with Gasteiger partial charge in [-0.25, -0.2) is 0 Å². The summed E-state index contributed by atoms with van der Waals surface area (Å²) in [5, 5.41) is 20.1. The number of nitrogens with zero attached hydrogens (tertiary/aromatic N) is 3. The largest absolute Gasteiger partial charge is 0.494 e. The van der Waals surface area contributed by atoms with Gasteiger partial charge in [-0.15, -0.1) is 0 Å². The van der Waals surface area contributed by atoms with E-state index in [4.69, 9.17) is 4.42 Å². The smallest absolute Gasteiger partial charge is 0.271 e. The number of hydrogen-bond acceptors (Lipinski definition) is 5. The summed E-state index contributed by atoms with van der Waals surface area (Å²) < 4.78 is 6.38. The minimum atomic E-state index is -0.562. The molecule has 2 aromatic heterocycles. The summed E-state index contributed by atoms with van der Waals surface area (Å²) >= 11 is 0. The Kier molecular flexibility index (Phi) is 4.95. The third-order valence-electron chi connectivity index (χ3n) is 4.43. The number of aryl methyl sites for hydroxylation is 2. The van der Waals surface area contributed by atoms with E-state index in [1.54, 1.807) is 19.1 Å². The predicted molar refractivity (Wildman–Crippen MR) is 103 cm³/mol. The Bertz CT molecular complexity index is 1120. The SMILES string of the molecule is Cc1ccc(N=Cc2c(C)c(C#N)c(=O)n(Cc3ccco3)c2O)c(C)c1. The van der Waals surface area contributed by atoms with Crippen LogP contribution in [0.5, 0.6) is 5.88 Å². The zero-order valence-electron chi connectivity index (χ0n) is 15.4. The number of rotatable bonds is 4. The third-order valence-corrected chi connectivity index (χ3v) is 4.43. The highest BCUT2D eigenvalue weighted by Crippen LogP contribution is 2.24. The molecule has 0 saturated heterocycles. The Morgan fingerprint density at radius 1 is 1.30 bits per heavy atom. The Labute approximate surface area is 156 Å². The van der Waals surface area contributed by atoms with Gasteiger partial charge >= 0.3 is 0 Å². The molecule has 3 rings (SSSR count). The van der Waals surface area contributed by atoms with Crippen molar-refractivity contribution < 1.29 is 9.52 Å². The van der Waals surface area contributed by atoms with Crippen molar-refractivity contribution >= 4 is 11.9 Å². The lowest BCUT2D eigenvalue weighted by Gasteiger charge is -2.13. The zero-order chi connectivity index (χ0) is 19.6. The Balaban J connectivity index is 2.13. The van der Waals surface area contributed by atoms with Crippen molar-refractivity contribution in [3.63, 3.8) is 0 Å². The van der Waals surface area contributed by atoms with E-state index < -0.39 is 5.56 Å². The second-order valence-electron chi connectivity index (χ2n) is 6.37. The van der Waals surface area contributed by atoms with Crippen molar-refractivity contribution in [1.82, 2.24) is 4.57 Å². The van der Waals surface area contributed by atoms with Crippen molar-refractivity contribution in [2.45, 2.75) is 27.3 Å². The van der Waals surface area contributed by atoms with Gasteiger partial charge in [0.2, 0.25) is 5.88 Å². The van der Waals surface area contributed by atoms with E-state index in [9.17, 15) is 15.2 Å². The molecule has 1 N–H and O–H groups in total. The molecular weight excluding hydrogens is 342 g/mol. The van der Waals surface area contributed by atoms with E-state index in [0.29, 0.717) is 16.9 Å². The molecule has 0 aliphatic rings. The second kappa shape index (κ2) is 7.34. The number of aromatic hydroxyl groups is 1. The number of furan rings is 1. The summed E-state index contributed by atoms with van der Waals surface area (Å²) in [6.07, 6.45) is 2.97. The first kappa shape index (κ1) is 18.2. The quantitative estimate of drug-likeness (QED) is 0.717. The molecule has 6 heteroatoms. The van der Waals surface area contributed by atoms with Crippen LogP contribution in [0.1, 0.15) is 33.6 Å². The molecule has 0 atom stereocenters. The van der Waals surface area contributed by atoms with Crippen molar-refractivity contribution in [3.8, 4) is 11.9 Å². The molecule has 0 unspecified atom stereocenters. The molecule has 27 heavy (non-hydrogen) atoms. The highest BCUT2D eigenvalue weighted by atomic mass is 16.3.